The van der Waals surface area contributed by atoms with Crippen molar-refractivity contribution in [2.24, 2.45) is 0 Å². The normalized spacial score (nSPS) is 14.3. The van der Waals surface area contributed by atoms with Gasteiger partial charge in [0.1, 0.15) is 11.2 Å². The molecule has 0 aliphatic heterocycles. The van der Waals surface area contributed by atoms with E-state index in [4.69, 9.17) is 4.42 Å². The predicted octanol–water partition coefficient (Wildman–Crippen LogP) is 11.2. The van der Waals surface area contributed by atoms with Gasteiger partial charge >= 0.3 is 0 Å². The first-order valence-electron chi connectivity index (χ1n) is 14.8. The largest absolute Gasteiger partial charge is 0.456 e. The third kappa shape index (κ3) is 2.49. The van der Waals surface area contributed by atoms with Gasteiger partial charge in [-0.15, -0.1) is 0 Å². The summed E-state index contributed by atoms with van der Waals surface area (Å²) in [5, 5.41) is 15.9. The fraction of sp³-hybridized carbons (Fsp3) is 0.100. The van der Waals surface area contributed by atoms with Gasteiger partial charge in [0.15, 0.2) is 0 Å². The van der Waals surface area contributed by atoms with Gasteiger partial charge in [-0.3, -0.25) is 0 Å². The lowest BCUT2D eigenvalue weighted by Crippen LogP contribution is -2.23. The molecule has 0 saturated heterocycles. The highest BCUT2D eigenvalue weighted by molar-refractivity contribution is 6.42. The molecule has 2 nitrogen and oxygen atoms in total. The zero-order valence-corrected chi connectivity index (χ0v) is 23.7. The first-order valence-corrected chi connectivity index (χ1v) is 14.8. The number of benzene rings is 8. The second-order valence-electron chi connectivity index (χ2n) is 12.5. The number of fused-ring (bicyclic) bond motifs is 4. The van der Waals surface area contributed by atoms with Crippen molar-refractivity contribution in [1.29, 1.82) is 0 Å². The number of furan rings is 1. The van der Waals surface area contributed by atoms with Gasteiger partial charge in [-0.1, -0.05) is 105 Å². The molecule has 0 amide bonds. The summed E-state index contributed by atoms with van der Waals surface area (Å²) in [6.07, 6.45) is 0. The van der Waals surface area contributed by atoms with Gasteiger partial charge in [0.2, 0.25) is 0 Å². The number of nitrogens with zero attached hydrogens (tertiary/aromatic N) is 1. The van der Waals surface area contributed by atoms with Crippen LogP contribution in [-0.2, 0) is 5.41 Å². The molecule has 1 aromatic heterocycles. The van der Waals surface area contributed by atoms with Crippen molar-refractivity contribution in [2.75, 3.05) is 11.9 Å². The Labute approximate surface area is 242 Å². The molecule has 0 atom stereocenters. The topological polar surface area (TPSA) is 16.4 Å². The second kappa shape index (κ2) is 7.40. The fourth-order valence-corrected chi connectivity index (χ4v) is 8.35. The molecular formula is C40H27NO. The van der Waals surface area contributed by atoms with Gasteiger partial charge in [-0.2, -0.15) is 0 Å². The van der Waals surface area contributed by atoms with Crippen LogP contribution in [0.3, 0.4) is 0 Å². The van der Waals surface area contributed by atoms with Crippen LogP contribution in [0.15, 0.2) is 114 Å². The van der Waals surface area contributed by atoms with Crippen LogP contribution in [0.1, 0.15) is 25.0 Å². The zero-order chi connectivity index (χ0) is 27.9. The van der Waals surface area contributed by atoms with Crippen molar-refractivity contribution in [3.05, 3.63) is 120 Å². The third-order valence-corrected chi connectivity index (χ3v) is 10.1. The molecule has 0 radical (unpaired) electrons. The van der Waals surface area contributed by atoms with Gasteiger partial charge < -0.3 is 9.32 Å². The van der Waals surface area contributed by atoms with Crippen molar-refractivity contribution in [2.45, 2.75) is 19.3 Å². The van der Waals surface area contributed by atoms with E-state index in [-0.39, 0.29) is 5.41 Å². The van der Waals surface area contributed by atoms with Crippen molar-refractivity contribution in [3.63, 3.8) is 0 Å². The van der Waals surface area contributed by atoms with Crippen LogP contribution in [0, 0.1) is 0 Å². The Morgan fingerprint density at radius 1 is 0.476 bits per heavy atom. The molecule has 1 aliphatic carbocycles. The smallest absolute Gasteiger partial charge is 0.137 e. The van der Waals surface area contributed by atoms with E-state index in [0.29, 0.717) is 0 Å². The Balaban J connectivity index is 1.46. The number of hydrogen-bond acceptors (Lipinski definition) is 2. The van der Waals surface area contributed by atoms with E-state index in [9.17, 15) is 0 Å². The molecule has 2 heteroatoms. The molecule has 10 rings (SSSR count). The monoisotopic (exact) mass is 537 g/mol. The van der Waals surface area contributed by atoms with E-state index < -0.39 is 0 Å². The summed E-state index contributed by atoms with van der Waals surface area (Å²) in [6, 6.07) is 40.2. The minimum atomic E-state index is -0.125. The van der Waals surface area contributed by atoms with Crippen LogP contribution >= 0.6 is 0 Å². The summed E-state index contributed by atoms with van der Waals surface area (Å²) >= 11 is 0. The summed E-state index contributed by atoms with van der Waals surface area (Å²) < 4.78 is 6.32. The van der Waals surface area contributed by atoms with Gasteiger partial charge in [-0.25, -0.2) is 0 Å². The van der Waals surface area contributed by atoms with Crippen LogP contribution in [0.4, 0.5) is 11.4 Å². The van der Waals surface area contributed by atoms with Crippen molar-refractivity contribution < 1.29 is 4.42 Å². The number of hydrogen-bond donors (Lipinski definition) is 0. The molecular weight excluding hydrogens is 510 g/mol. The Bertz CT molecular complexity index is 2620. The quantitative estimate of drug-likeness (QED) is 0.161. The highest BCUT2D eigenvalue weighted by Crippen LogP contribution is 2.56. The van der Waals surface area contributed by atoms with E-state index in [1.807, 2.05) is 6.07 Å². The van der Waals surface area contributed by atoms with Gasteiger partial charge in [0, 0.05) is 34.0 Å². The molecule has 1 aliphatic rings. The Morgan fingerprint density at radius 2 is 1.12 bits per heavy atom. The van der Waals surface area contributed by atoms with E-state index in [1.165, 1.54) is 70.7 Å². The average molecular weight is 538 g/mol. The lowest BCUT2D eigenvalue weighted by molar-refractivity contribution is 0.652. The first kappa shape index (κ1) is 22.6. The lowest BCUT2D eigenvalue weighted by atomic mass is 9.68. The Morgan fingerprint density at radius 3 is 2.00 bits per heavy atom. The molecule has 0 unspecified atom stereocenters. The zero-order valence-electron chi connectivity index (χ0n) is 23.7. The predicted molar refractivity (Wildman–Crippen MR) is 179 cm³/mol. The molecule has 42 heavy (non-hydrogen) atoms. The average Bonchev–Trinajstić information content (AvgIpc) is 3.40. The van der Waals surface area contributed by atoms with Gasteiger partial charge in [-0.05, 0) is 67.0 Å². The highest BCUT2D eigenvalue weighted by Gasteiger charge is 2.35. The molecule has 0 fully saturated rings. The highest BCUT2D eigenvalue weighted by atomic mass is 16.3. The molecule has 0 spiro atoms. The standard InChI is InChI=1S/C40H27NO/c1-40(2)28-16-8-15-27-35(28)38-34-24(23-12-6-10-22-20-21-29(40)37(38)33(22)23)13-7-14-26(34)39(27)41(3)30-17-9-19-32-36(30)25-11-4-5-18-31(25)42-32/h4-21H,1-3H3. The van der Waals surface area contributed by atoms with E-state index in [1.54, 1.807) is 0 Å². The van der Waals surface area contributed by atoms with Crippen LogP contribution in [0.5, 0.6) is 0 Å². The minimum Gasteiger partial charge on any atom is -0.456 e. The molecule has 8 aromatic carbocycles. The van der Waals surface area contributed by atoms with Crippen molar-refractivity contribution >= 4 is 87.2 Å². The first-order chi connectivity index (χ1) is 20.5. The molecule has 0 N–H and O–H groups in total. The molecule has 0 bridgehead atoms. The summed E-state index contributed by atoms with van der Waals surface area (Å²) in [5.41, 5.74) is 6.94. The van der Waals surface area contributed by atoms with Crippen molar-refractivity contribution in [1.82, 2.24) is 0 Å². The number of anilines is 2. The van der Waals surface area contributed by atoms with Crippen molar-refractivity contribution in [3.8, 4) is 0 Å². The molecule has 1 heterocycles. The third-order valence-electron chi connectivity index (χ3n) is 10.1. The van der Waals surface area contributed by atoms with Gasteiger partial charge in [0.25, 0.3) is 0 Å². The van der Waals surface area contributed by atoms with E-state index in [0.717, 1.165) is 27.6 Å². The fourth-order valence-electron chi connectivity index (χ4n) is 8.35. The SMILES string of the molecule is CN(c1c2cccc3c2c2c4c(ccc5cccc(c6cccc1c62)c54)C3(C)C)c1cccc2oc3ccccc3c12. The summed E-state index contributed by atoms with van der Waals surface area (Å²) in [5.74, 6) is 0. The minimum absolute atomic E-state index is 0.125. The van der Waals surface area contributed by atoms with E-state index in [2.05, 4.69) is 129 Å². The molecule has 0 saturated carbocycles. The Kier molecular flexibility index (Phi) is 3.98. The van der Waals surface area contributed by atoms with Crippen LogP contribution in [0.25, 0.3) is 75.8 Å². The van der Waals surface area contributed by atoms with E-state index >= 15 is 0 Å². The lowest BCUT2D eigenvalue weighted by Gasteiger charge is -2.36. The maximum Gasteiger partial charge on any atom is 0.137 e. The Hall–Kier alpha value is -5.08. The maximum absolute atomic E-state index is 6.32. The number of para-hydroxylation sites is 1. The number of rotatable bonds is 2. The second-order valence-corrected chi connectivity index (χ2v) is 12.5. The molecule has 198 valence electrons. The maximum atomic E-state index is 6.32. The summed E-state index contributed by atoms with van der Waals surface area (Å²) in [6.45, 7) is 4.80. The van der Waals surface area contributed by atoms with Crippen LogP contribution in [0.2, 0.25) is 0 Å². The van der Waals surface area contributed by atoms with Gasteiger partial charge in [0.05, 0.1) is 16.8 Å². The van der Waals surface area contributed by atoms with Crippen LogP contribution in [-0.4, -0.2) is 7.05 Å². The van der Waals surface area contributed by atoms with Crippen LogP contribution < -0.4 is 4.90 Å². The summed E-state index contributed by atoms with van der Waals surface area (Å²) in [7, 11) is 2.23. The summed E-state index contributed by atoms with van der Waals surface area (Å²) in [4.78, 5) is 2.41. The molecule has 9 aromatic rings.